The van der Waals surface area contributed by atoms with Crippen molar-refractivity contribution >= 4 is 5.82 Å². The van der Waals surface area contributed by atoms with Gasteiger partial charge < -0.3 is 15.0 Å². The molecule has 0 fully saturated rings. The van der Waals surface area contributed by atoms with E-state index in [1.165, 1.54) is 0 Å². The van der Waals surface area contributed by atoms with E-state index in [2.05, 4.69) is 15.0 Å². The van der Waals surface area contributed by atoms with Crippen molar-refractivity contribution < 1.29 is 4.74 Å². The average molecular weight is 233 g/mol. The lowest BCUT2D eigenvalue weighted by atomic mass is 10.3. The van der Waals surface area contributed by atoms with E-state index in [1.54, 1.807) is 12.3 Å². The number of hydrogen-bond donors (Lipinski definition) is 1. The molecular weight excluding hydrogens is 218 g/mol. The van der Waals surface area contributed by atoms with Crippen LogP contribution in [-0.4, -0.2) is 26.1 Å². The maximum absolute atomic E-state index is 5.74. The van der Waals surface area contributed by atoms with Crippen LogP contribution in [0.15, 0.2) is 18.5 Å². The lowest BCUT2D eigenvalue weighted by Crippen LogP contribution is -2.05. The highest BCUT2D eigenvalue weighted by Gasteiger charge is 2.08. The van der Waals surface area contributed by atoms with Crippen LogP contribution in [-0.2, 0) is 18.4 Å². The van der Waals surface area contributed by atoms with E-state index >= 15 is 0 Å². The fourth-order valence-electron chi connectivity index (χ4n) is 1.50. The van der Waals surface area contributed by atoms with Crippen LogP contribution in [0.5, 0.6) is 0 Å². The molecule has 0 amide bonds. The van der Waals surface area contributed by atoms with Gasteiger partial charge in [-0.2, -0.15) is 0 Å². The van der Waals surface area contributed by atoms with Crippen LogP contribution in [0.2, 0.25) is 0 Å². The van der Waals surface area contributed by atoms with Crippen LogP contribution in [0.25, 0.3) is 11.5 Å². The highest BCUT2D eigenvalue weighted by atomic mass is 16.5. The second kappa shape index (κ2) is 4.92. The van der Waals surface area contributed by atoms with Crippen molar-refractivity contribution in [3.63, 3.8) is 0 Å². The minimum atomic E-state index is 0.360. The topological polar surface area (TPSA) is 78.9 Å². The number of anilines is 1. The molecular formula is C11H15N5O. The van der Waals surface area contributed by atoms with E-state index in [9.17, 15) is 0 Å². The molecule has 2 N–H and O–H groups in total. The molecule has 0 aromatic carbocycles. The second-order valence-electron chi connectivity index (χ2n) is 3.59. The predicted octanol–water partition coefficient (Wildman–Crippen LogP) is 0.996. The third-order valence-electron chi connectivity index (χ3n) is 2.28. The van der Waals surface area contributed by atoms with Gasteiger partial charge in [-0.3, -0.25) is 0 Å². The van der Waals surface area contributed by atoms with Crippen molar-refractivity contribution in [1.82, 2.24) is 19.5 Å². The minimum absolute atomic E-state index is 0.360. The first kappa shape index (κ1) is 11.5. The summed E-state index contributed by atoms with van der Waals surface area (Å²) >= 11 is 0. The van der Waals surface area contributed by atoms with Crippen LogP contribution >= 0.6 is 0 Å². The van der Waals surface area contributed by atoms with Crippen LogP contribution in [0.3, 0.4) is 0 Å². The third kappa shape index (κ3) is 2.59. The molecule has 2 heterocycles. The Morgan fingerprint density at radius 1 is 1.41 bits per heavy atom. The van der Waals surface area contributed by atoms with Crippen LogP contribution < -0.4 is 5.73 Å². The number of ether oxygens (including phenoxy) is 1. The lowest BCUT2D eigenvalue weighted by Gasteiger charge is -2.05. The largest absolute Gasteiger partial charge is 0.384 e. The van der Waals surface area contributed by atoms with Crippen molar-refractivity contribution in [3.8, 4) is 11.5 Å². The Morgan fingerprint density at radius 3 is 2.88 bits per heavy atom. The predicted molar refractivity (Wildman–Crippen MR) is 64.0 cm³/mol. The molecule has 0 aliphatic rings. The summed E-state index contributed by atoms with van der Waals surface area (Å²) in [5, 5.41) is 0. The van der Waals surface area contributed by atoms with Crippen LogP contribution in [0.4, 0.5) is 5.82 Å². The van der Waals surface area contributed by atoms with E-state index in [0.717, 1.165) is 5.82 Å². The molecule has 2 aromatic heterocycles. The number of nitrogen functional groups attached to an aromatic ring is 1. The number of imidazole rings is 1. The van der Waals surface area contributed by atoms with Gasteiger partial charge >= 0.3 is 0 Å². The highest BCUT2D eigenvalue weighted by molar-refractivity contribution is 5.54. The van der Waals surface area contributed by atoms with Gasteiger partial charge in [-0.15, -0.1) is 0 Å². The lowest BCUT2D eigenvalue weighted by molar-refractivity contribution is 0.128. The Hall–Kier alpha value is -1.95. The summed E-state index contributed by atoms with van der Waals surface area (Å²) in [6, 6.07) is 1.71. The number of nitrogens with two attached hydrogens (primary N) is 1. The Bertz CT molecular complexity index is 508. The quantitative estimate of drug-likeness (QED) is 0.852. The maximum Gasteiger partial charge on any atom is 0.158 e. The summed E-state index contributed by atoms with van der Waals surface area (Å²) in [5.41, 5.74) is 6.45. The van der Waals surface area contributed by atoms with Crippen molar-refractivity contribution in [2.24, 2.45) is 7.05 Å². The fourth-order valence-corrected chi connectivity index (χ4v) is 1.50. The Morgan fingerprint density at radius 2 is 2.24 bits per heavy atom. The standard InChI is InChI=1S/C11H15N5O/c1-3-17-7-10-14-8(6-9(12)15-10)11-13-4-5-16(11)2/h4-6H,3,7H2,1-2H3,(H2,12,14,15). The molecule has 0 aliphatic carbocycles. The number of aryl methyl sites for hydroxylation is 1. The van der Waals surface area contributed by atoms with Gasteiger partial charge in [0.25, 0.3) is 0 Å². The van der Waals surface area contributed by atoms with Gasteiger partial charge in [-0.25, -0.2) is 15.0 Å². The Balaban J connectivity index is 2.35. The molecule has 2 rings (SSSR count). The monoisotopic (exact) mass is 233 g/mol. The van der Waals surface area contributed by atoms with E-state index in [-0.39, 0.29) is 0 Å². The van der Waals surface area contributed by atoms with Crippen molar-refractivity contribution in [2.45, 2.75) is 13.5 Å². The molecule has 0 spiro atoms. The minimum Gasteiger partial charge on any atom is -0.384 e. The van der Waals surface area contributed by atoms with E-state index < -0.39 is 0 Å². The number of rotatable bonds is 4. The molecule has 0 aliphatic heterocycles. The van der Waals surface area contributed by atoms with E-state index in [0.29, 0.717) is 30.5 Å². The van der Waals surface area contributed by atoms with Gasteiger partial charge in [-0.05, 0) is 6.92 Å². The first-order chi connectivity index (χ1) is 8.20. The van der Waals surface area contributed by atoms with Crippen molar-refractivity contribution in [2.75, 3.05) is 12.3 Å². The zero-order valence-electron chi connectivity index (χ0n) is 9.92. The van der Waals surface area contributed by atoms with E-state index in [1.807, 2.05) is 24.7 Å². The van der Waals surface area contributed by atoms with Gasteiger partial charge in [-0.1, -0.05) is 0 Å². The average Bonchev–Trinajstić information content (AvgIpc) is 2.72. The second-order valence-corrected chi connectivity index (χ2v) is 3.59. The van der Waals surface area contributed by atoms with Crippen LogP contribution in [0.1, 0.15) is 12.7 Å². The maximum atomic E-state index is 5.74. The van der Waals surface area contributed by atoms with Gasteiger partial charge in [0.1, 0.15) is 18.1 Å². The molecule has 17 heavy (non-hydrogen) atoms. The first-order valence-electron chi connectivity index (χ1n) is 5.39. The SMILES string of the molecule is CCOCc1nc(N)cc(-c2nccn2C)n1. The molecule has 0 bridgehead atoms. The zero-order chi connectivity index (χ0) is 12.3. The molecule has 90 valence electrons. The molecule has 6 heteroatoms. The highest BCUT2D eigenvalue weighted by Crippen LogP contribution is 2.16. The van der Waals surface area contributed by atoms with E-state index in [4.69, 9.17) is 10.5 Å². The summed E-state index contributed by atoms with van der Waals surface area (Å²) in [6.07, 6.45) is 3.58. The molecule has 0 radical (unpaired) electrons. The Labute approximate surface area is 99.5 Å². The smallest absolute Gasteiger partial charge is 0.158 e. The number of nitrogens with zero attached hydrogens (tertiary/aromatic N) is 4. The summed E-state index contributed by atoms with van der Waals surface area (Å²) in [6.45, 7) is 2.90. The Kier molecular flexibility index (Phi) is 3.34. The van der Waals surface area contributed by atoms with Gasteiger partial charge in [0.05, 0.1) is 0 Å². The first-order valence-corrected chi connectivity index (χ1v) is 5.39. The summed E-state index contributed by atoms with van der Waals surface area (Å²) in [4.78, 5) is 12.7. The molecule has 2 aromatic rings. The zero-order valence-corrected chi connectivity index (χ0v) is 9.92. The number of aromatic nitrogens is 4. The summed E-state index contributed by atoms with van der Waals surface area (Å²) in [5.74, 6) is 1.76. The van der Waals surface area contributed by atoms with Crippen molar-refractivity contribution in [3.05, 3.63) is 24.3 Å². The molecule has 0 unspecified atom stereocenters. The van der Waals surface area contributed by atoms with Gasteiger partial charge in [0.2, 0.25) is 0 Å². The summed E-state index contributed by atoms with van der Waals surface area (Å²) in [7, 11) is 1.91. The molecule has 0 saturated carbocycles. The third-order valence-corrected chi connectivity index (χ3v) is 2.28. The van der Waals surface area contributed by atoms with Gasteiger partial charge in [0, 0.05) is 32.1 Å². The molecule has 6 nitrogen and oxygen atoms in total. The molecule has 0 atom stereocenters. The normalized spacial score (nSPS) is 10.7. The summed E-state index contributed by atoms with van der Waals surface area (Å²) < 4.78 is 7.15. The van der Waals surface area contributed by atoms with Crippen LogP contribution in [0, 0.1) is 0 Å². The molecule has 0 saturated heterocycles. The fraction of sp³-hybridized carbons (Fsp3) is 0.364. The van der Waals surface area contributed by atoms with Gasteiger partial charge in [0.15, 0.2) is 11.6 Å². The number of hydrogen-bond acceptors (Lipinski definition) is 5. The van der Waals surface area contributed by atoms with Crippen molar-refractivity contribution in [1.29, 1.82) is 0 Å².